The zero-order valence-electron chi connectivity index (χ0n) is 22.6. The topological polar surface area (TPSA) is 137 Å². The van der Waals surface area contributed by atoms with Crippen molar-refractivity contribution in [2.45, 2.75) is 19.9 Å². The number of methoxy groups -OCH3 is 2. The second-order valence-electron chi connectivity index (χ2n) is 8.69. The van der Waals surface area contributed by atoms with E-state index in [0.29, 0.717) is 28.5 Å². The number of urea groups is 1. The number of hydrogen-bond acceptors (Lipinski definition) is 8. The van der Waals surface area contributed by atoms with Gasteiger partial charge in [0.25, 0.3) is 5.91 Å². The van der Waals surface area contributed by atoms with Gasteiger partial charge in [-0.3, -0.25) is 4.79 Å². The number of allylic oxidation sites excluding steroid dienone is 1. The highest BCUT2D eigenvalue weighted by Crippen LogP contribution is 2.34. The molecule has 0 saturated heterocycles. The molecule has 4 rings (SSSR count). The van der Waals surface area contributed by atoms with E-state index in [0.717, 1.165) is 16.3 Å². The van der Waals surface area contributed by atoms with Crippen molar-refractivity contribution in [2.75, 3.05) is 27.4 Å². The standard InChI is InChI=1S/C29H30N4O7/c1-5-39-28(35)26-17(2)31-29(36)32-27(26)19-11-13-23(24(14-19)38-4)40-16-25(34)33-30-15-21-20-9-7-6-8-18(20)10-12-22(21)37-3/h6-15,27H,5,16H2,1-4H3,(H,33,34)(H2,31,32,36)/b30-15-/t27-/m0/s1. The molecule has 3 N–H and O–H groups in total. The van der Waals surface area contributed by atoms with Gasteiger partial charge in [0.1, 0.15) is 5.75 Å². The van der Waals surface area contributed by atoms with Gasteiger partial charge in [0.05, 0.1) is 38.7 Å². The van der Waals surface area contributed by atoms with Gasteiger partial charge in [-0.2, -0.15) is 5.10 Å². The molecule has 0 bridgehead atoms. The number of esters is 1. The van der Waals surface area contributed by atoms with Crippen LogP contribution < -0.4 is 30.3 Å². The summed E-state index contributed by atoms with van der Waals surface area (Å²) in [5.41, 5.74) is 4.42. The maximum Gasteiger partial charge on any atom is 0.338 e. The number of nitrogens with zero attached hydrogens (tertiary/aromatic N) is 1. The SMILES string of the molecule is CCOC(=O)C1=C(C)NC(=O)N[C@H]1c1ccc(OCC(=O)N/N=C\c2c(OC)ccc3ccccc23)c(OC)c1. The van der Waals surface area contributed by atoms with Crippen LogP contribution in [0.2, 0.25) is 0 Å². The lowest BCUT2D eigenvalue weighted by molar-refractivity contribution is -0.139. The molecule has 1 aliphatic heterocycles. The van der Waals surface area contributed by atoms with Gasteiger partial charge in [-0.25, -0.2) is 15.0 Å². The molecule has 0 aromatic heterocycles. The first-order valence-corrected chi connectivity index (χ1v) is 12.5. The molecule has 11 nitrogen and oxygen atoms in total. The number of hydrazone groups is 1. The third kappa shape index (κ3) is 6.15. The fraction of sp³-hybridized carbons (Fsp3) is 0.241. The van der Waals surface area contributed by atoms with Crippen molar-refractivity contribution in [3.8, 4) is 17.2 Å². The van der Waals surface area contributed by atoms with Crippen molar-refractivity contribution in [3.05, 3.63) is 77.0 Å². The highest BCUT2D eigenvalue weighted by Gasteiger charge is 2.32. The maximum absolute atomic E-state index is 12.6. The number of hydrogen-bond donors (Lipinski definition) is 3. The molecule has 3 amide bonds. The highest BCUT2D eigenvalue weighted by molar-refractivity contribution is 6.02. The lowest BCUT2D eigenvalue weighted by Gasteiger charge is -2.28. The number of carbonyl (C=O) groups excluding carboxylic acids is 3. The van der Waals surface area contributed by atoms with Gasteiger partial charge in [0, 0.05) is 11.3 Å². The third-order valence-corrected chi connectivity index (χ3v) is 6.18. The van der Waals surface area contributed by atoms with Crippen LogP contribution in [0.25, 0.3) is 10.8 Å². The molecule has 11 heteroatoms. The largest absolute Gasteiger partial charge is 0.496 e. The molecule has 1 heterocycles. The van der Waals surface area contributed by atoms with Crippen LogP contribution in [0.3, 0.4) is 0 Å². The number of amides is 3. The zero-order valence-corrected chi connectivity index (χ0v) is 22.6. The van der Waals surface area contributed by atoms with Crippen LogP contribution in [0.4, 0.5) is 4.79 Å². The Hall–Kier alpha value is -5.06. The van der Waals surface area contributed by atoms with Crippen LogP contribution in [0.1, 0.15) is 31.0 Å². The Kier molecular flexibility index (Phi) is 8.85. The molecule has 208 valence electrons. The third-order valence-electron chi connectivity index (χ3n) is 6.18. The van der Waals surface area contributed by atoms with Gasteiger partial charge in [0.2, 0.25) is 0 Å². The van der Waals surface area contributed by atoms with Gasteiger partial charge in [0.15, 0.2) is 18.1 Å². The summed E-state index contributed by atoms with van der Waals surface area (Å²) in [5.74, 6) is 0.187. The summed E-state index contributed by atoms with van der Waals surface area (Å²) in [4.78, 5) is 37.2. The van der Waals surface area contributed by atoms with Crippen LogP contribution in [0.15, 0.2) is 71.0 Å². The molecule has 1 aliphatic rings. The predicted molar refractivity (Wildman–Crippen MR) is 148 cm³/mol. The Morgan fingerprint density at radius 2 is 1.77 bits per heavy atom. The number of carbonyl (C=O) groups is 3. The Bertz CT molecular complexity index is 1500. The van der Waals surface area contributed by atoms with E-state index in [1.54, 1.807) is 39.2 Å². The number of ether oxygens (including phenoxy) is 4. The van der Waals surface area contributed by atoms with Crippen LogP contribution in [0, 0.1) is 0 Å². The predicted octanol–water partition coefficient (Wildman–Crippen LogP) is 3.58. The second-order valence-corrected chi connectivity index (χ2v) is 8.69. The number of benzene rings is 3. The first kappa shape index (κ1) is 28.0. The van der Waals surface area contributed by atoms with Crippen LogP contribution in [0.5, 0.6) is 17.2 Å². The Labute approximate surface area is 231 Å². The van der Waals surface area contributed by atoms with E-state index >= 15 is 0 Å². The molecule has 0 aliphatic carbocycles. The fourth-order valence-corrected chi connectivity index (χ4v) is 4.34. The molecular formula is C29H30N4O7. The normalized spacial score (nSPS) is 14.9. The van der Waals surface area contributed by atoms with E-state index < -0.39 is 23.9 Å². The minimum Gasteiger partial charge on any atom is -0.496 e. The van der Waals surface area contributed by atoms with Crippen molar-refractivity contribution in [3.63, 3.8) is 0 Å². The van der Waals surface area contributed by atoms with Crippen LogP contribution in [-0.4, -0.2) is 51.6 Å². The molecule has 0 fully saturated rings. The van der Waals surface area contributed by atoms with Gasteiger partial charge in [-0.1, -0.05) is 36.4 Å². The van der Waals surface area contributed by atoms with Crippen molar-refractivity contribution in [1.29, 1.82) is 0 Å². The van der Waals surface area contributed by atoms with E-state index in [1.807, 2.05) is 36.4 Å². The minimum atomic E-state index is -0.764. The summed E-state index contributed by atoms with van der Waals surface area (Å²) in [6.07, 6.45) is 1.53. The van der Waals surface area contributed by atoms with Crippen molar-refractivity contribution in [2.24, 2.45) is 5.10 Å². The summed E-state index contributed by atoms with van der Waals surface area (Å²) in [5, 5.41) is 11.3. The first-order valence-electron chi connectivity index (χ1n) is 12.5. The van der Waals surface area contributed by atoms with E-state index in [9.17, 15) is 14.4 Å². The zero-order chi connectivity index (χ0) is 28.6. The summed E-state index contributed by atoms with van der Waals surface area (Å²) >= 11 is 0. The number of fused-ring (bicyclic) bond motifs is 1. The average Bonchev–Trinajstić information content (AvgIpc) is 2.95. The van der Waals surface area contributed by atoms with E-state index in [1.165, 1.54) is 13.3 Å². The lowest BCUT2D eigenvalue weighted by Crippen LogP contribution is -2.45. The Morgan fingerprint density at radius 3 is 2.52 bits per heavy atom. The highest BCUT2D eigenvalue weighted by atomic mass is 16.5. The Morgan fingerprint density at radius 1 is 1.02 bits per heavy atom. The summed E-state index contributed by atoms with van der Waals surface area (Å²) < 4.78 is 21.7. The van der Waals surface area contributed by atoms with Gasteiger partial charge in [-0.05, 0) is 48.4 Å². The van der Waals surface area contributed by atoms with Gasteiger partial charge < -0.3 is 29.6 Å². The summed E-state index contributed by atoms with van der Waals surface area (Å²) in [6.45, 7) is 3.18. The molecule has 1 atom stereocenters. The number of rotatable bonds is 10. The molecule has 0 saturated carbocycles. The van der Waals surface area contributed by atoms with Crippen molar-refractivity contribution < 1.29 is 33.3 Å². The Balaban J connectivity index is 1.45. The summed E-state index contributed by atoms with van der Waals surface area (Å²) in [7, 11) is 3.02. The van der Waals surface area contributed by atoms with Crippen molar-refractivity contribution in [1.82, 2.24) is 16.1 Å². The molecule has 0 unspecified atom stereocenters. The minimum absolute atomic E-state index is 0.188. The fourth-order valence-electron chi connectivity index (χ4n) is 4.34. The quantitative estimate of drug-likeness (QED) is 0.201. The summed E-state index contributed by atoms with van der Waals surface area (Å²) in [6, 6.07) is 15.2. The number of nitrogens with one attached hydrogen (secondary N) is 3. The average molecular weight is 547 g/mol. The first-order chi connectivity index (χ1) is 19.4. The lowest BCUT2D eigenvalue weighted by atomic mass is 9.95. The smallest absolute Gasteiger partial charge is 0.338 e. The van der Waals surface area contributed by atoms with Gasteiger partial charge in [-0.15, -0.1) is 0 Å². The van der Waals surface area contributed by atoms with Crippen LogP contribution in [-0.2, 0) is 14.3 Å². The molecule has 3 aromatic carbocycles. The van der Waals surface area contributed by atoms with Gasteiger partial charge >= 0.3 is 12.0 Å². The molecular weight excluding hydrogens is 516 g/mol. The molecule has 0 radical (unpaired) electrons. The molecule has 40 heavy (non-hydrogen) atoms. The van der Waals surface area contributed by atoms with E-state index in [2.05, 4.69) is 21.2 Å². The van der Waals surface area contributed by atoms with Crippen molar-refractivity contribution >= 4 is 34.9 Å². The van der Waals surface area contributed by atoms with E-state index in [-0.39, 0.29) is 18.8 Å². The van der Waals surface area contributed by atoms with Crippen LogP contribution >= 0.6 is 0 Å². The maximum atomic E-state index is 12.6. The molecule has 0 spiro atoms. The monoisotopic (exact) mass is 546 g/mol. The molecule has 3 aromatic rings. The van der Waals surface area contributed by atoms with E-state index in [4.69, 9.17) is 18.9 Å². The second kappa shape index (κ2) is 12.7.